The van der Waals surface area contributed by atoms with E-state index in [0.717, 1.165) is 35.4 Å². The van der Waals surface area contributed by atoms with Crippen LogP contribution in [0.2, 0.25) is 0 Å². The Balaban J connectivity index is 1.88. The number of benzene rings is 1. The number of carbonyl (C=O) groups excluding carboxylic acids is 2. The maximum Gasteiger partial charge on any atom is 0.259 e. The second-order valence-corrected chi connectivity index (χ2v) is 8.42. The topological polar surface area (TPSA) is 96.1 Å². The molecule has 2 amide bonds. The number of hydrogen-bond donors (Lipinski definition) is 2. The van der Waals surface area contributed by atoms with E-state index in [9.17, 15) is 14.7 Å². The molecule has 0 unspecified atom stereocenters. The van der Waals surface area contributed by atoms with Gasteiger partial charge in [0.05, 0.1) is 23.7 Å². The van der Waals surface area contributed by atoms with E-state index in [1.807, 2.05) is 20.2 Å². The minimum atomic E-state index is -0.440. The zero-order chi connectivity index (χ0) is 21.0. The predicted molar refractivity (Wildman–Crippen MR) is 114 cm³/mol. The summed E-state index contributed by atoms with van der Waals surface area (Å²) in [6, 6.07) is 6.94. The molecule has 156 valence electrons. The van der Waals surface area contributed by atoms with Crippen LogP contribution in [-0.4, -0.2) is 73.7 Å². The van der Waals surface area contributed by atoms with Crippen LogP contribution in [0.3, 0.4) is 0 Å². The molecule has 3 rings (SSSR count). The van der Waals surface area contributed by atoms with Gasteiger partial charge in [0.15, 0.2) is 0 Å². The first-order valence-corrected chi connectivity index (χ1v) is 10.5. The number of nitrogens with zero attached hydrogens (tertiary/aromatic N) is 2. The zero-order valence-corrected chi connectivity index (χ0v) is 17.6. The van der Waals surface area contributed by atoms with Gasteiger partial charge < -0.3 is 25.4 Å². The number of aryl methyl sites for hydroxylation is 1. The Hall–Kier alpha value is -2.42. The fourth-order valence-electron chi connectivity index (χ4n) is 3.35. The monoisotopic (exact) mass is 417 g/mol. The normalized spacial score (nSPS) is 14.4. The second-order valence-electron chi connectivity index (χ2n) is 7.37. The summed E-state index contributed by atoms with van der Waals surface area (Å²) in [5.74, 6) is -0.710. The lowest BCUT2D eigenvalue weighted by atomic mass is 10.0. The van der Waals surface area contributed by atoms with Crippen molar-refractivity contribution < 1.29 is 19.4 Å². The van der Waals surface area contributed by atoms with Gasteiger partial charge in [0.2, 0.25) is 0 Å². The van der Waals surface area contributed by atoms with Crippen LogP contribution < -0.4 is 5.73 Å². The van der Waals surface area contributed by atoms with Gasteiger partial charge in [0.25, 0.3) is 11.8 Å². The molecule has 1 aromatic carbocycles. The van der Waals surface area contributed by atoms with E-state index in [1.165, 1.54) is 17.4 Å². The van der Waals surface area contributed by atoms with Gasteiger partial charge in [-0.1, -0.05) is 0 Å². The quantitative estimate of drug-likeness (QED) is 0.720. The van der Waals surface area contributed by atoms with Crippen molar-refractivity contribution in [3.05, 3.63) is 40.3 Å². The Kier molecular flexibility index (Phi) is 6.89. The van der Waals surface area contributed by atoms with Gasteiger partial charge in [0.1, 0.15) is 5.75 Å². The van der Waals surface area contributed by atoms with E-state index >= 15 is 0 Å². The van der Waals surface area contributed by atoms with E-state index in [2.05, 4.69) is 4.90 Å². The van der Waals surface area contributed by atoms with Crippen molar-refractivity contribution in [1.29, 1.82) is 0 Å². The highest BCUT2D eigenvalue weighted by Crippen LogP contribution is 2.34. The minimum Gasteiger partial charge on any atom is -0.507 e. The van der Waals surface area contributed by atoms with Crippen molar-refractivity contribution >= 4 is 23.2 Å². The molecule has 1 aliphatic heterocycles. The van der Waals surface area contributed by atoms with E-state index < -0.39 is 5.91 Å². The summed E-state index contributed by atoms with van der Waals surface area (Å²) in [5.41, 5.74) is 7.55. The van der Waals surface area contributed by atoms with Gasteiger partial charge >= 0.3 is 0 Å². The van der Waals surface area contributed by atoms with Crippen LogP contribution in [0, 0.1) is 0 Å². The van der Waals surface area contributed by atoms with Crippen LogP contribution in [0.25, 0.3) is 10.4 Å². The number of ether oxygens (including phenoxy) is 1. The van der Waals surface area contributed by atoms with Gasteiger partial charge in [-0.25, -0.2) is 0 Å². The first-order valence-electron chi connectivity index (χ1n) is 9.64. The first kappa shape index (κ1) is 21.3. The number of amides is 2. The SMILES string of the molecule is CN(C)CCCc1cc(-c2ccc(O)c(C(=O)N3CCOCC3)c2)sc1C(N)=O. The Morgan fingerprint density at radius 2 is 1.97 bits per heavy atom. The van der Waals surface area contributed by atoms with Crippen molar-refractivity contribution in [3.8, 4) is 16.2 Å². The maximum atomic E-state index is 12.8. The number of aromatic hydroxyl groups is 1. The molecule has 7 nitrogen and oxygen atoms in total. The number of primary amides is 1. The van der Waals surface area contributed by atoms with Crippen molar-refractivity contribution in [2.45, 2.75) is 12.8 Å². The number of rotatable bonds is 7. The highest BCUT2D eigenvalue weighted by atomic mass is 32.1. The van der Waals surface area contributed by atoms with Crippen molar-refractivity contribution in [3.63, 3.8) is 0 Å². The van der Waals surface area contributed by atoms with Gasteiger partial charge in [0, 0.05) is 18.0 Å². The average molecular weight is 418 g/mol. The Bertz CT molecular complexity index is 888. The predicted octanol–water partition coefficient (Wildman–Crippen LogP) is 2.19. The number of morpholine rings is 1. The molecule has 29 heavy (non-hydrogen) atoms. The molecule has 0 aliphatic carbocycles. The smallest absolute Gasteiger partial charge is 0.259 e. The lowest BCUT2D eigenvalue weighted by Gasteiger charge is -2.27. The van der Waals surface area contributed by atoms with E-state index in [1.54, 1.807) is 17.0 Å². The van der Waals surface area contributed by atoms with Gasteiger partial charge in [-0.15, -0.1) is 11.3 Å². The molecular weight excluding hydrogens is 390 g/mol. The molecule has 0 spiro atoms. The summed E-state index contributed by atoms with van der Waals surface area (Å²) in [6.07, 6.45) is 1.67. The summed E-state index contributed by atoms with van der Waals surface area (Å²) >= 11 is 1.33. The van der Waals surface area contributed by atoms with Crippen molar-refractivity contribution in [2.75, 3.05) is 46.9 Å². The number of nitrogens with two attached hydrogens (primary N) is 1. The fourth-order valence-corrected chi connectivity index (χ4v) is 4.41. The molecule has 1 fully saturated rings. The third-order valence-electron chi connectivity index (χ3n) is 4.89. The Morgan fingerprint density at radius 3 is 2.62 bits per heavy atom. The maximum absolute atomic E-state index is 12.8. The van der Waals surface area contributed by atoms with Gasteiger partial charge in [-0.05, 0) is 68.9 Å². The molecule has 2 heterocycles. The summed E-state index contributed by atoms with van der Waals surface area (Å²) in [6.45, 7) is 2.91. The van der Waals surface area contributed by atoms with Crippen LogP contribution in [-0.2, 0) is 11.2 Å². The van der Waals surface area contributed by atoms with Crippen LogP contribution in [0.4, 0.5) is 0 Å². The molecule has 1 aromatic heterocycles. The standard InChI is InChI=1S/C21H27N3O4S/c1-23(2)7-3-4-15-13-18(29-19(15)20(22)26)14-5-6-17(25)16(12-14)21(27)24-8-10-28-11-9-24/h5-6,12-13,25H,3-4,7-11H2,1-2H3,(H2,22,26). The molecule has 8 heteroatoms. The molecule has 1 saturated heterocycles. The van der Waals surface area contributed by atoms with Crippen LogP contribution in [0.5, 0.6) is 5.75 Å². The number of phenolic OH excluding ortho intramolecular Hbond substituents is 1. The number of phenols is 1. The number of carbonyl (C=O) groups is 2. The van der Waals surface area contributed by atoms with Crippen LogP contribution in [0.1, 0.15) is 32.0 Å². The molecule has 1 aliphatic rings. The lowest BCUT2D eigenvalue weighted by molar-refractivity contribution is 0.0301. The summed E-state index contributed by atoms with van der Waals surface area (Å²) in [5, 5.41) is 10.2. The van der Waals surface area contributed by atoms with Crippen molar-refractivity contribution in [1.82, 2.24) is 9.80 Å². The summed E-state index contributed by atoms with van der Waals surface area (Å²) < 4.78 is 5.29. The third kappa shape index (κ3) is 5.14. The van der Waals surface area contributed by atoms with Gasteiger partial charge in [-0.2, -0.15) is 0 Å². The highest BCUT2D eigenvalue weighted by Gasteiger charge is 2.22. The second kappa shape index (κ2) is 9.39. The Morgan fingerprint density at radius 1 is 1.24 bits per heavy atom. The van der Waals surface area contributed by atoms with Gasteiger partial charge in [-0.3, -0.25) is 9.59 Å². The molecule has 0 bridgehead atoms. The number of thiophene rings is 1. The van der Waals surface area contributed by atoms with E-state index in [0.29, 0.717) is 31.2 Å². The number of hydrogen-bond acceptors (Lipinski definition) is 6. The fraction of sp³-hybridized carbons (Fsp3) is 0.429. The minimum absolute atomic E-state index is 0.0527. The molecular formula is C21H27N3O4S. The highest BCUT2D eigenvalue weighted by molar-refractivity contribution is 7.17. The summed E-state index contributed by atoms with van der Waals surface area (Å²) in [4.78, 5) is 29.9. The lowest BCUT2D eigenvalue weighted by Crippen LogP contribution is -2.40. The van der Waals surface area contributed by atoms with Crippen LogP contribution in [0.15, 0.2) is 24.3 Å². The molecule has 3 N–H and O–H groups in total. The average Bonchev–Trinajstić information content (AvgIpc) is 3.13. The Labute approximate surface area is 174 Å². The van der Waals surface area contributed by atoms with Crippen molar-refractivity contribution in [2.24, 2.45) is 5.73 Å². The summed E-state index contributed by atoms with van der Waals surface area (Å²) in [7, 11) is 4.02. The molecule has 0 radical (unpaired) electrons. The molecule has 2 aromatic rings. The first-order chi connectivity index (χ1) is 13.9. The molecule has 0 atom stereocenters. The van der Waals surface area contributed by atoms with E-state index in [-0.39, 0.29) is 17.2 Å². The largest absolute Gasteiger partial charge is 0.507 e. The molecule has 0 saturated carbocycles. The van der Waals surface area contributed by atoms with E-state index in [4.69, 9.17) is 10.5 Å². The van der Waals surface area contributed by atoms with Crippen LogP contribution >= 0.6 is 11.3 Å². The zero-order valence-electron chi connectivity index (χ0n) is 16.8. The third-order valence-corrected chi connectivity index (χ3v) is 6.13.